The summed E-state index contributed by atoms with van der Waals surface area (Å²) in [6.45, 7) is -3.67. The van der Waals surface area contributed by atoms with E-state index in [9.17, 15) is 13.2 Å². The summed E-state index contributed by atoms with van der Waals surface area (Å²) < 4.78 is 29.0. The van der Waals surface area contributed by atoms with E-state index in [1.54, 1.807) is 0 Å². The zero-order valence-corrected chi connectivity index (χ0v) is 24.4. The van der Waals surface area contributed by atoms with Crippen molar-refractivity contribution in [2.45, 2.75) is 13.1 Å². The molecule has 0 unspecified atom stereocenters. The Balaban J connectivity index is 0.000000770. The van der Waals surface area contributed by atoms with E-state index in [1.807, 2.05) is 0 Å². The minimum Gasteiger partial charge on any atom is -0.174 e. The molecule has 0 nitrogen and oxygen atoms in total. The van der Waals surface area contributed by atoms with Crippen LogP contribution in [0, 0.1) is 0 Å². The summed E-state index contributed by atoms with van der Waals surface area (Å²) in [5, 5.41) is 2.56. The van der Waals surface area contributed by atoms with E-state index in [-0.39, 0.29) is 0 Å². The predicted molar refractivity (Wildman–Crippen MR) is 181 cm³/mol. The van der Waals surface area contributed by atoms with E-state index in [4.69, 9.17) is 0 Å². The SMILES string of the molecule is FC(F)F.c1ccc(-c2cc3c(c(-c4ccc(-c5cccc6ccccc56)cc4)c2-c2ccccc2)Cc2ccccc2-3)cc1. The quantitative estimate of drug-likeness (QED) is 0.191. The number of fused-ring (bicyclic) bond motifs is 4. The van der Waals surface area contributed by atoms with Gasteiger partial charge in [0, 0.05) is 0 Å². The average molecular weight is 591 g/mol. The van der Waals surface area contributed by atoms with Crippen molar-refractivity contribution in [2.75, 3.05) is 0 Å². The molecule has 0 atom stereocenters. The Labute approximate surface area is 261 Å². The Bertz CT molecular complexity index is 2090. The van der Waals surface area contributed by atoms with Gasteiger partial charge in [0.2, 0.25) is 0 Å². The molecule has 0 aromatic heterocycles. The van der Waals surface area contributed by atoms with Gasteiger partial charge in [-0.2, -0.15) is 13.2 Å². The van der Waals surface area contributed by atoms with Gasteiger partial charge in [0.25, 0.3) is 0 Å². The molecule has 1 aliphatic rings. The molecule has 0 saturated carbocycles. The summed E-state index contributed by atoms with van der Waals surface area (Å²) in [5.41, 5.74) is 15.7. The largest absolute Gasteiger partial charge is 0.379 e. The van der Waals surface area contributed by atoms with Crippen LogP contribution < -0.4 is 0 Å². The van der Waals surface area contributed by atoms with E-state index in [1.165, 1.54) is 77.5 Å². The highest BCUT2D eigenvalue weighted by Crippen LogP contribution is 2.50. The van der Waals surface area contributed by atoms with E-state index < -0.39 is 6.68 Å². The molecule has 0 heterocycles. The van der Waals surface area contributed by atoms with Crippen molar-refractivity contribution in [3.63, 3.8) is 0 Å². The van der Waals surface area contributed by atoms with Crippen molar-refractivity contribution in [3.8, 4) is 55.6 Å². The van der Waals surface area contributed by atoms with Crippen LogP contribution in [0.5, 0.6) is 0 Å². The second-order valence-corrected chi connectivity index (χ2v) is 11.1. The Morgan fingerprint density at radius 3 is 1.64 bits per heavy atom. The summed E-state index contributed by atoms with van der Waals surface area (Å²) in [6, 6.07) is 57.6. The topological polar surface area (TPSA) is 0 Å². The van der Waals surface area contributed by atoms with Crippen LogP contribution >= 0.6 is 0 Å². The van der Waals surface area contributed by atoms with Crippen molar-refractivity contribution in [1.29, 1.82) is 0 Å². The van der Waals surface area contributed by atoms with Crippen LogP contribution in [0.25, 0.3) is 66.4 Å². The van der Waals surface area contributed by atoms with Gasteiger partial charge in [0.1, 0.15) is 0 Å². The molecule has 45 heavy (non-hydrogen) atoms. The van der Waals surface area contributed by atoms with Gasteiger partial charge in [-0.3, -0.25) is 0 Å². The molecule has 1 aliphatic carbocycles. The molecule has 0 aliphatic heterocycles. The highest BCUT2D eigenvalue weighted by molar-refractivity contribution is 6.02. The van der Waals surface area contributed by atoms with Crippen LogP contribution in [0.1, 0.15) is 11.1 Å². The first-order valence-electron chi connectivity index (χ1n) is 15.0. The molecule has 8 rings (SSSR count). The second kappa shape index (κ2) is 12.3. The fourth-order valence-electron chi connectivity index (χ4n) is 6.64. The van der Waals surface area contributed by atoms with Gasteiger partial charge < -0.3 is 0 Å². The molecule has 0 radical (unpaired) electrons. The first-order chi connectivity index (χ1) is 22.1. The van der Waals surface area contributed by atoms with Crippen LogP contribution in [0.3, 0.4) is 0 Å². The minimum atomic E-state index is -3.67. The van der Waals surface area contributed by atoms with Gasteiger partial charge in [0.05, 0.1) is 0 Å². The predicted octanol–water partition coefficient (Wildman–Crippen LogP) is 12.3. The van der Waals surface area contributed by atoms with E-state index in [0.717, 1.165) is 6.42 Å². The van der Waals surface area contributed by atoms with Crippen LogP contribution in [0.4, 0.5) is 13.2 Å². The van der Waals surface area contributed by atoms with Crippen molar-refractivity contribution in [2.24, 2.45) is 0 Å². The van der Waals surface area contributed by atoms with Crippen molar-refractivity contribution >= 4 is 10.8 Å². The maximum absolute atomic E-state index is 9.67. The maximum Gasteiger partial charge on any atom is 0.379 e. The third-order valence-corrected chi connectivity index (χ3v) is 8.53. The van der Waals surface area contributed by atoms with Gasteiger partial charge in [-0.15, -0.1) is 0 Å². The van der Waals surface area contributed by atoms with Crippen LogP contribution in [-0.4, -0.2) is 6.68 Å². The molecular weight excluding hydrogens is 561 g/mol. The van der Waals surface area contributed by atoms with Crippen molar-refractivity contribution in [3.05, 3.63) is 169 Å². The summed E-state index contributed by atoms with van der Waals surface area (Å²) in [6.07, 6.45) is 0.945. The lowest BCUT2D eigenvalue weighted by Gasteiger charge is -2.21. The normalized spacial score (nSPS) is 11.6. The highest BCUT2D eigenvalue weighted by Gasteiger charge is 2.27. The third kappa shape index (κ3) is 5.54. The Hall–Kier alpha value is -5.41. The van der Waals surface area contributed by atoms with E-state index in [0.29, 0.717) is 0 Å². The molecule has 0 amide bonds. The van der Waals surface area contributed by atoms with Gasteiger partial charge >= 0.3 is 6.68 Å². The smallest absolute Gasteiger partial charge is 0.174 e. The van der Waals surface area contributed by atoms with Gasteiger partial charge in [-0.25, -0.2) is 0 Å². The number of rotatable bonds is 4. The van der Waals surface area contributed by atoms with Crippen molar-refractivity contribution in [1.82, 2.24) is 0 Å². The molecule has 0 fully saturated rings. The average Bonchev–Trinajstić information content (AvgIpc) is 3.46. The monoisotopic (exact) mass is 590 g/mol. The molecule has 218 valence electrons. The summed E-state index contributed by atoms with van der Waals surface area (Å²) in [7, 11) is 0. The Morgan fingerprint density at radius 1 is 0.400 bits per heavy atom. The van der Waals surface area contributed by atoms with Gasteiger partial charge in [-0.1, -0.05) is 152 Å². The van der Waals surface area contributed by atoms with Gasteiger partial charge in [-0.05, 0) is 90.0 Å². The lowest BCUT2D eigenvalue weighted by Crippen LogP contribution is -1.97. The van der Waals surface area contributed by atoms with Crippen LogP contribution in [-0.2, 0) is 6.42 Å². The molecular formula is C42H29F3. The summed E-state index contributed by atoms with van der Waals surface area (Å²) in [4.78, 5) is 0. The van der Waals surface area contributed by atoms with E-state index in [2.05, 4.69) is 158 Å². The first kappa shape index (κ1) is 28.4. The first-order valence-corrected chi connectivity index (χ1v) is 15.0. The van der Waals surface area contributed by atoms with Gasteiger partial charge in [0.15, 0.2) is 0 Å². The number of hydrogen-bond donors (Lipinski definition) is 0. The lowest BCUT2D eigenvalue weighted by molar-refractivity contribution is 0.00819. The number of hydrogen-bond acceptors (Lipinski definition) is 0. The fraction of sp³-hybridized carbons (Fsp3) is 0.0476. The lowest BCUT2D eigenvalue weighted by atomic mass is 9.82. The molecule has 0 spiro atoms. The fourth-order valence-corrected chi connectivity index (χ4v) is 6.64. The number of alkyl halides is 3. The zero-order chi connectivity index (χ0) is 30.8. The molecule has 0 N–H and O–H groups in total. The molecule has 0 bridgehead atoms. The third-order valence-electron chi connectivity index (χ3n) is 8.53. The summed E-state index contributed by atoms with van der Waals surface area (Å²) in [5.74, 6) is 0. The second-order valence-electron chi connectivity index (χ2n) is 11.1. The van der Waals surface area contributed by atoms with E-state index >= 15 is 0 Å². The van der Waals surface area contributed by atoms with Crippen molar-refractivity contribution < 1.29 is 13.2 Å². The maximum atomic E-state index is 9.67. The van der Waals surface area contributed by atoms with Crippen LogP contribution in [0.15, 0.2) is 158 Å². The summed E-state index contributed by atoms with van der Waals surface area (Å²) >= 11 is 0. The molecule has 7 aromatic carbocycles. The minimum absolute atomic E-state index is 0.945. The molecule has 0 saturated heterocycles. The number of halogens is 3. The highest BCUT2D eigenvalue weighted by atomic mass is 19.4. The Morgan fingerprint density at radius 2 is 0.911 bits per heavy atom. The number of benzene rings is 7. The standard InChI is InChI=1S/C41H28.CHF3/c1-3-12-29(13-4-1)37-27-38-36-20-10-8-17-33(36)26-39(38)41(40(37)31-15-5-2-6-16-31)32-24-22-30(23-25-32)35-21-11-18-28-14-7-9-19-34(28)35;2-1(3)4/h1-25,27H,26H2;1H. The van der Waals surface area contributed by atoms with Crippen LogP contribution in [0.2, 0.25) is 0 Å². The zero-order valence-electron chi connectivity index (χ0n) is 24.4. The Kier molecular flexibility index (Phi) is 7.75. The molecule has 7 aromatic rings. The molecule has 3 heteroatoms.